The first kappa shape index (κ1) is 18.0. The number of hydrogen-bond donors (Lipinski definition) is 2. The molecular formula is C17H21N3O3S. The second-order valence-electron chi connectivity index (χ2n) is 5.21. The summed E-state index contributed by atoms with van der Waals surface area (Å²) in [6.45, 7) is 5.84. The summed E-state index contributed by atoms with van der Waals surface area (Å²) >= 11 is 0. The van der Waals surface area contributed by atoms with Gasteiger partial charge >= 0.3 is 0 Å². The van der Waals surface area contributed by atoms with Crippen LogP contribution in [0.15, 0.2) is 52.4 Å². The molecule has 0 aromatic heterocycles. The molecule has 24 heavy (non-hydrogen) atoms. The van der Waals surface area contributed by atoms with Crippen molar-refractivity contribution in [3.63, 3.8) is 0 Å². The monoisotopic (exact) mass is 347 g/mol. The van der Waals surface area contributed by atoms with Gasteiger partial charge in [0, 0.05) is 36.6 Å². The Bertz CT molecular complexity index is 827. The SMILES string of the molecule is CCN(CC)c1ccc(C=Nc2ccc(S(N)(=O)=O)cc2)c(O)c1. The number of nitrogens with two attached hydrogens (primary N) is 1. The minimum atomic E-state index is -3.71. The van der Waals surface area contributed by atoms with Gasteiger partial charge in [-0.1, -0.05) is 0 Å². The maximum atomic E-state index is 11.2. The van der Waals surface area contributed by atoms with Crippen molar-refractivity contribution in [3.8, 4) is 5.75 Å². The molecule has 0 saturated heterocycles. The second kappa shape index (κ2) is 7.46. The Balaban J connectivity index is 2.20. The molecule has 2 aromatic carbocycles. The molecule has 7 heteroatoms. The molecule has 3 N–H and O–H groups in total. The van der Waals surface area contributed by atoms with Gasteiger partial charge in [-0.15, -0.1) is 0 Å². The van der Waals surface area contributed by atoms with Crippen LogP contribution in [0.3, 0.4) is 0 Å². The Morgan fingerprint density at radius 2 is 1.75 bits per heavy atom. The summed E-state index contributed by atoms with van der Waals surface area (Å²) in [5.74, 6) is 0.143. The van der Waals surface area contributed by atoms with E-state index >= 15 is 0 Å². The maximum Gasteiger partial charge on any atom is 0.238 e. The van der Waals surface area contributed by atoms with Crippen molar-refractivity contribution >= 4 is 27.6 Å². The highest BCUT2D eigenvalue weighted by molar-refractivity contribution is 7.89. The van der Waals surface area contributed by atoms with Crippen LogP contribution >= 0.6 is 0 Å². The lowest BCUT2D eigenvalue weighted by Gasteiger charge is -2.21. The fraction of sp³-hybridized carbons (Fsp3) is 0.235. The molecule has 0 radical (unpaired) electrons. The summed E-state index contributed by atoms with van der Waals surface area (Å²) in [4.78, 5) is 6.41. The summed E-state index contributed by atoms with van der Waals surface area (Å²) in [6, 6.07) is 11.3. The summed E-state index contributed by atoms with van der Waals surface area (Å²) in [7, 11) is -3.71. The summed E-state index contributed by atoms with van der Waals surface area (Å²) in [5, 5.41) is 15.2. The van der Waals surface area contributed by atoms with E-state index in [0.29, 0.717) is 11.3 Å². The van der Waals surface area contributed by atoms with Crippen LogP contribution in [0.1, 0.15) is 19.4 Å². The molecule has 0 heterocycles. The van der Waals surface area contributed by atoms with Crippen molar-refractivity contribution in [2.24, 2.45) is 10.1 Å². The Morgan fingerprint density at radius 1 is 1.12 bits per heavy atom. The third-order valence-electron chi connectivity index (χ3n) is 3.66. The normalized spacial score (nSPS) is 11.8. The summed E-state index contributed by atoms with van der Waals surface area (Å²) in [5.41, 5.74) is 2.10. The van der Waals surface area contributed by atoms with Crippen molar-refractivity contribution in [1.82, 2.24) is 0 Å². The van der Waals surface area contributed by atoms with Crippen LogP contribution in [-0.4, -0.2) is 32.8 Å². The number of rotatable bonds is 6. The van der Waals surface area contributed by atoms with Gasteiger partial charge in [0.15, 0.2) is 0 Å². The Hall–Kier alpha value is -2.38. The van der Waals surface area contributed by atoms with Crippen LogP contribution in [0.25, 0.3) is 0 Å². The smallest absolute Gasteiger partial charge is 0.238 e. The molecule has 6 nitrogen and oxygen atoms in total. The van der Waals surface area contributed by atoms with Crippen molar-refractivity contribution in [1.29, 1.82) is 0 Å². The molecule has 0 amide bonds. The lowest BCUT2D eigenvalue weighted by molar-refractivity contribution is 0.474. The van der Waals surface area contributed by atoms with Gasteiger partial charge in [-0.05, 0) is 50.2 Å². The van der Waals surface area contributed by atoms with E-state index < -0.39 is 10.0 Å². The molecule has 128 valence electrons. The van der Waals surface area contributed by atoms with Crippen molar-refractivity contribution in [2.75, 3.05) is 18.0 Å². The number of aliphatic imine (C=N–C) groups is 1. The van der Waals surface area contributed by atoms with Crippen molar-refractivity contribution < 1.29 is 13.5 Å². The molecule has 0 fully saturated rings. The zero-order valence-corrected chi connectivity index (χ0v) is 14.5. The van der Waals surface area contributed by atoms with Crippen LogP contribution < -0.4 is 10.0 Å². The molecule has 0 atom stereocenters. The first-order valence-corrected chi connectivity index (χ1v) is 9.14. The number of primary sulfonamides is 1. The lowest BCUT2D eigenvalue weighted by atomic mass is 10.2. The first-order chi connectivity index (χ1) is 11.3. The van der Waals surface area contributed by atoms with Gasteiger partial charge < -0.3 is 10.0 Å². The molecule has 0 saturated carbocycles. The quantitative estimate of drug-likeness (QED) is 0.785. The highest BCUT2D eigenvalue weighted by atomic mass is 32.2. The lowest BCUT2D eigenvalue weighted by Crippen LogP contribution is -2.21. The first-order valence-electron chi connectivity index (χ1n) is 7.60. The van der Waals surface area contributed by atoms with Gasteiger partial charge in [-0.25, -0.2) is 13.6 Å². The average Bonchev–Trinajstić information content (AvgIpc) is 2.55. The average molecular weight is 347 g/mol. The molecule has 2 aromatic rings. The fourth-order valence-corrected chi connectivity index (χ4v) is 2.81. The Morgan fingerprint density at radius 3 is 2.25 bits per heavy atom. The van der Waals surface area contributed by atoms with E-state index in [9.17, 15) is 13.5 Å². The van der Waals surface area contributed by atoms with Gasteiger partial charge in [0.2, 0.25) is 10.0 Å². The summed E-state index contributed by atoms with van der Waals surface area (Å²) < 4.78 is 22.4. The van der Waals surface area contributed by atoms with Crippen molar-refractivity contribution in [2.45, 2.75) is 18.7 Å². The molecule has 0 aliphatic carbocycles. The van der Waals surface area contributed by atoms with E-state index in [0.717, 1.165) is 18.8 Å². The molecule has 0 aliphatic heterocycles. The van der Waals surface area contributed by atoms with Gasteiger partial charge in [-0.3, -0.25) is 4.99 Å². The third-order valence-corrected chi connectivity index (χ3v) is 4.59. The van der Waals surface area contributed by atoms with E-state index in [-0.39, 0.29) is 10.6 Å². The van der Waals surface area contributed by atoms with E-state index in [1.807, 2.05) is 6.07 Å². The Kier molecular flexibility index (Phi) is 5.58. The largest absolute Gasteiger partial charge is 0.507 e. The number of anilines is 1. The zero-order valence-electron chi connectivity index (χ0n) is 13.7. The number of sulfonamides is 1. The molecular weight excluding hydrogens is 326 g/mol. The van der Waals surface area contributed by atoms with Crippen molar-refractivity contribution in [3.05, 3.63) is 48.0 Å². The number of phenolic OH excluding ortho intramolecular Hbond substituents is 1. The van der Waals surface area contributed by atoms with Crippen LogP contribution in [-0.2, 0) is 10.0 Å². The second-order valence-corrected chi connectivity index (χ2v) is 6.77. The maximum absolute atomic E-state index is 11.2. The van der Waals surface area contributed by atoms with Gasteiger partial charge in [0.25, 0.3) is 0 Å². The number of phenols is 1. The Labute approximate surface area is 142 Å². The predicted octanol–water partition coefficient (Wildman–Crippen LogP) is 2.64. The summed E-state index contributed by atoms with van der Waals surface area (Å²) in [6.07, 6.45) is 1.54. The van der Waals surface area contributed by atoms with Crippen LogP contribution in [0.5, 0.6) is 5.75 Å². The number of hydrogen-bond acceptors (Lipinski definition) is 5. The number of aromatic hydroxyl groups is 1. The molecule has 0 bridgehead atoms. The van der Waals surface area contributed by atoms with Gasteiger partial charge in [0.1, 0.15) is 5.75 Å². The number of nitrogens with zero attached hydrogens (tertiary/aromatic N) is 2. The van der Waals surface area contributed by atoms with Gasteiger partial charge in [0.05, 0.1) is 10.6 Å². The minimum absolute atomic E-state index is 0.0351. The van der Waals surface area contributed by atoms with Crippen LogP contribution in [0.2, 0.25) is 0 Å². The van der Waals surface area contributed by atoms with E-state index in [2.05, 4.69) is 23.7 Å². The fourth-order valence-electron chi connectivity index (χ4n) is 2.29. The number of benzene rings is 2. The van der Waals surface area contributed by atoms with Crippen LogP contribution in [0.4, 0.5) is 11.4 Å². The topological polar surface area (TPSA) is 96.0 Å². The zero-order chi connectivity index (χ0) is 17.7. The van der Waals surface area contributed by atoms with Crippen LogP contribution in [0, 0.1) is 0 Å². The minimum Gasteiger partial charge on any atom is -0.507 e. The molecule has 0 spiro atoms. The van der Waals surface area contributed by atoms with E-state index in [1.165, 1.54) is 18.3 Å². The van der Waals surface area contributed by atoms with Gasteiger partial charge in [-0.2, -0.15) is 0 Å². The van der Waals surface area contributed by atoms with E-state index in [4.69, 9.17) is 5.14 Å². The standard InChI is InChI=1S/C17H21N3O3S/c1-3-20(4-2)15-8-5-13(17(21)11-15)12-19-14-6-9-16(10-7-14)24(18,22)23/h5-12,21H,3-4H2,1-2H3,(H2,18,22,23). The molecule has 2 rings (SSSR count). The highest BCUT2D eigenvalue weighted by Gasteiger charge is 2.07. The molecule has 0 aliphatic rings. The van der Waals surface area contributed by atoms with E-state index in [1.54, 1.807) is 24.3 Å². The predicted molar refractivity (Wildman–Crippen MR) is 96.7 cm³/mol. The highest BCUT2D eigenvalue weighted by Crippen LogP contribution is 2.24. The third kappa shape index (κ3) is 4.33. The molecule has 0 unspecified atom stereocenters.